The van der Waals surface area contributed by atoms with Gasteiger partial charge >= 0.3 is 0 Å². The summed E-state index contributed by atoms with van der Waals surface area (Å²) < 4.78 is 2.63. The number of nitrogens with zero attached hydrogens (tertiary/aromatic N) is 2. The minimum absolute atomic E-state index is 0.225. The van der Waals surface area contributed by atoms with Crippen molar-refractivity contribution in [3.8, 4) is 0 Å². The van der Waals surface area contributed by atoms with E-state index in [1.165, 1.54) is 50.6 Å². The maximum atomic E-state index is 3.20. The van der Waals surface area contributed by atoms with Gasteiger partial charge in [-0.3, -0.25) is 0 Å². The van der Waals surface area contributed by atoms with Crippen molar-refractivity contribution in [2.45, 2.75) is 63.3 Å². The second-order valence-corrected chi connectivity index (χ2v) is 12.4. The first kappa shape index (κ1) is 26.9. The molecule has 2 aromatic carbocycles. The molecule has 2 unspecified atom stereocenters. The van der Waals surface area contributed by atoms with Crippen molar-refractivity contribution in [2.75, 3.05) is 4.90 Å². The summed E-state index contributed by atoms with van der Waals surface area (Å²) in [4.78, 5) is 2.46. The Morgan fingerprint density at radius 2 is 1.61 bits per heavy atom. The van der Waals surface area contributed by atoms with Crippen LogP contribution in [0.2, 0.25) is 0 Å². The topological polar surface area (TPSA) is 8.17 Å². The molecule has 2 nitrogen and oxygen atoms in total. The Hall–Kier alpha value is -4.74. The van der Waals surface area contributed by atoms with E-state index in [4.69, 9.17) is 0 Å². The molecule has 0 saturated carbocycles. The first-order chi connectivity index (χ1) is 21.8. The van der Waals surface area contributed by atoms with Gasteiger partial charge in [-0.1, -0.05) is 97.2 Å². The molecule has 216 valence electrons. The van der Waals surface area contributed by atoms with Gasteiger partial charge in [-0.05, 0) is 98.4 Å². The summed E-state index contributed by atoms with van der Waals surface area (Å²) in [5, 5.41) is 0. The van der Waals surface area contributed by atoms with E-state index in [9.17, 15) is 0 Å². The Bertz CT molecular complexity index is 1800. The summed E-state index contributed by atoms with van der Waals surface area (Å²) >= 11 is 0. The van der Waals surface area contributed by atoms with Gasteiger partial charge in [0.15, 0.2) is 0 Å². The van der Waals surface area contributed by atoms with Crippen LogP contribution in [0.3, 0.4) is 0 Å². The van der Waals surface area contributed by atoms with E-state index in [0.717, 1.165) is 57.1 Å². The van der Waals surface area contributed by atoms with Crippen molar-refractivity contribution >= 4 is 34.8 Å². The molecule has 1 aromatic heterocycles. The Morgan fingerprint density at radius 1 is 0.727 bits per heavy atom. The number of aromatic nitrogens is 1. The van der Waals surface area contributed by atoms with Gasteiger partial charge in [-0.25, -0.2) is 0 Å². The smallest absolute Gasteiger partial charge is 0.0560 e. The monoisotopic (exact) mass is 570 g/mol. The highest BCUT2D eigenvalue weighted by Crippen LogP contribution is 2.45. The van der Waals surface area contributed by atoms with Crippen LogP contribution in [0.4, 0.5) is 11.4 Å². The molecule has 0 bridgehead atoms. The molecule has 3 aromatic rings. The van der Waals surface area contributed by atoms with E-state index < -0.39 is 0 Å². The fourth-order valence-electron chi connectivity index (χ4n) is 7.62. The van der Waals surface area contributed by atoms with Crippen molar-refractivity contribution < 1.29 is 0 Å². The predicted molar refractivity (Wildman–Crippen MR) is 185 cm³/mol. The maximum Gasteiger partial charge on any atom is 0.0560 e. The summed E-state index contributed by atoms with van der Waals surface area (Å²) in [7, 11) is 0. The van der Waals surface area contributed by atoms with Crippen LogP contribution >= 0.6 is 0 Å². The minimum atomic E-state index is 0.225. The molecule has 0 amide bonds. The average Bonchev–Trinajstić information content (AvgIpc) is 3.45. The molecular formula is C42H38N2. The number of anilines is 2. The van der Waals surface area contributed by atoms with Crippen LogP contribution in [0.5, 0.6) is 0 Å². The Labute approximate surface area is 262 Å². The van der Waals surface area contributed by atoms with Crippen LogP contribution in [-0.2, 0) is 6.42 Å². The molecule has 2 atom stereocenters. The Morgan fingerprint density at radius 3 is 2.39 bits per heavy atom. The normalized spacial score (nSPS) is 21.6. The number of hydrogen-bond acceptors (Lipinski definition) is 1. The summed E-state index contributed by atoms with van der Waals surface area (Å²) in [6.07, 6.45) is 39.4. The van der Waals surface area contributed by atoms with E-state index in [2.05, 4.69) is 137 Å². The van der Waals surface area contributed by atoms with E-state index in [1.807, 2.05) is 6.07 Å². The second-order valence-electron chi connectivity index (χ2n) is 12.4. The van der Waals surface area contributed by atoms with Crippen LogP contribution in [0, 0.1) is 12.1 Å². The fourth-order valence-corrected chi connectivity index (χ4v) is 7.62. The standard InChI is InChI=1S/C42H38N2/c1-4-13-31(14-5-1)32-23-27-36(28-24-32)43(34-15-6-2-7-16-34)37-29-25-33(26-30-37)38-20-12-21-40-39-19-10-11-22-41(39)44(42(38)40)35-17-8-3-9-18-35/h1,4,6,8,10,12-13,15-19,21,23-29,37-38H,3,5,9,11,14,20,22,30H2. The first-order valence-corrected chi connectivity index (χ1v) is 16.3. The highest BCUT2D eigenvalue weighted by molar-refractivity contribution is 5.78. The third kappa shape index (κ3) is 4.87. The van der Waals surface area contributed by atoms with Gasteiger partial charge in [0.1, 0.15) is 0 Å². The van der Waals surface area contributed by atoms with Gasteiger partial charge in [0.2, 0.25) is 0 Å². The molecule has 1 heterocycles. The van der Waals surface area contributed by atoms with Crippen LogP contribution in [-0.4, -0.2) is 10.6 Å². The lowest BCUT2D eigenvalue weighted by molar-refractivity contribution is 0.715. The number of allylic oxidation sites excluding steroid dienone is 12. The zero-order valence-corrected chi connectivity index (χ0v) is 25.3. The molecule has 2 heteroatoms. The summed E-state index contributed by atoms with van der Waals surface area (Å²) in [6, 6.07) is 21.8. The maximum absolute atomic E-state index is 3.20. The zero-order valence-electron chi connectivity index (χ0n) is 25.3. The summed E-state index contributed by atoms with van der Waals surface area (Å²) in [5.41, 5.74) is 13.7. The Balaban J connectivity index is 1.12. The van der Waals surface area contributed by atoms with Gasteiger partial charge in [-0.15, -0.1) is 0 Å². The highest BCUT2D eigenvalue weighted by atomic mass is 15.2. The van der Waals surface area contributed by atoms with Crippen molar-refractivity contribution in [3.63, 3.8) is 0 Å². The van der Waals surface area contributed by atoms with Gasteiger partial charge in [-0.2, -0.15) is 0 Å². The Kier molecular flexibility index (Phi) is 7.17. The molecule has 0 N–H and O–H groups in total. The van der Waals surface area contributed by atoms with Crippen LogP contribution in [0.1, 0.15) is 78.9 Å². The molecule has 44 heavy (non-hydrogen) atoms. The van der Waals surface area contributed by atoms with Crippen molar-refractivity contribution in [3.05, 3.63) is 155 Å². The molecular weight excluding hydrogens is 532 g/mol. The number of fused-ring (bicyclic) bond motifs is 3. The molecule has 8 rings (SSSR count). The molecule has 0 radical (unpaired) electrons. The minimum Gasteiger partial charge on any atom is -0.334 e. The quantitative estimate of drug-likeness (QED) is 0.286. The van der Waals surface area contributed by atoms with Crippen LogP contribution in [0.15, 0.2) is 115 Å². The third-order valence-electron chi connectivity index (χ3n) is 9.73. The third-order valence-corrected chi connectivity index (χ3v) is 9.73. The van der Waals surface area contributed by atoms with Gasteiger partial charge in [0, 0.05) is 45.9 Å². The lowest BCUT2D eigenvalue weighted by Crippen LogP contribution is -2.30. The number of hydrogen-bond donors (Lipinski definition) is 0. The molecule has 0 saturated heterocycles. The molecule has 5 aliphatic rings. The van der Waals surface area contributed by atoms with E-state index >= 15 is 0 Å². The lowest BCUT2D eigenvalue weighted by Gasteiger charge is -2.34. The van der Waals surface area contributed by atoms with Gasteiger partial charge in [0.05, 0.1) is 11.7 Å². The fraction of sp³-hybridized carbons (Fsp3) is 0.238. The van der Waals surface area contributed by atoms with Crippen molar-refractivity contribution in [1.29, 1.82) is 0 Å². The van der Waals surface area contributed by atoms with E-state index in [0.29, 0.717) is 5.92 Å². The molecule has 0 fully saturated rings. The highest BCUT2D eigenvalue weighted by Gasteiger charge is 2.32. The summed E-state index contributed by atoms with van der Waals surface area (Å²) in [6.45, 7) is 0. The second kappa shape index (κ2) is 11.7. The van der Waals surface area contributed by atoms with Crippen molar-refractivity contribution in [1.82, 2.24) is 4.57 Å². The molecule has 5 aliphatic carbocycles. The number of rotatable bonds is 6. The number of benzene rings is 1. The SMILES string of the molecule is c1ccc(N(c2ccc(C3=CC=CCC3)cc2)C2C=CC(C3CC=Cc4c5c(n(C6=CCCC=C6)c43)CCC=C5)=CC2)cc#1. The summed E-state index contributed by atoms with van der Waals surface area (Å²) in [5.74, 6) is 0.354. The van der Waals surface area contributed by atoms with Crippen LogP contribution in [0.25, 0.3) is 23.4 Å². The van der Waals surface area contributed by atoms with E-state index in [-0.39, 0.29) is 6.04 Å². The largest absolute Gasteiger partial charge is 0.334 e. The van der Waals surface area contributed by atoms with Crippen LogP contribution < -0.4 is 4.90 Å². The first-order valence-electron chi connectivity index (χ1n) is 16.3. The average molecular weight is 571 g/mol. The van der Waals surface area contributed by atoms with Gasteiger partial charge in [0.25, 0.3) is 0 Å². The van der Waals surface area contributed by atoms with E-state index in [1.54, 1.807) is 0 Å². The molecule has 0 spiro atoms. The molecule has 0 aliphatic heterocycles. The predicted octanol–water partition coefficient (Wildman–Crippen LogP) is 10.6. The van der Waals surface area contributed by atoms with Crippen molar-refractivity contribution in [2.24, 2.45) is 0 Å². The zero-order chi connectivity index (χ0) is 29.3. The lowest BCUT2D eigenvalue weighted by atomic mass is 9.82. The van der Waals surface area contributed by atoms with Gasteiger partial charge < -0.3 is 9.47 Å².